The highest BCUT2D eigenvalue weighted by atomic mass is 16.6. The number of para-hydroxylation sites is 1. The number of unbranched alkanes of at least 4 members (excludes halogenated alkanes) is 1. The Morgan fingerprint density at radius 3 is 1.91 bits per heavy atom. The number of fused-ring (bicyclic) bond motifs is 8. The molecule has 3 fully saturated rings. The van der Waals surface area contributed by atoms with Gasteiger partial charge in [0.25, 0.3) is 5.91 Å². The van der Waals surface area contributed by atoms with Crippen molar-refractivity contribution < 1.29 is 96.5 Å². The van der Waals surface area contributed by atoms with Crippen molar-refractivity contribution in [2.75, 3.05) is 89.4 Å². The van der Waals surface area contributed by atoms with E-state index in [-0.39, 0.29) is 171 Å². The number of ether oxygens (including phenoxy) is 6. The quantitative estimate of drug-likeness (QED) is 0.00496. The minimum absolute atomic E-state index is 0.00546. The van der Waals surface area contributed by atoms with E-state index < -0.39 is 106 Å². The molecule has 11 rings (SSSR count). The van der Waals surface area contributed by atoms with Crippen LogP contribution in [0.1, 0.15) is 222 Å². The van der Waals surface area contributed by atoms with Crippen LogP contribution in [-0.4, -0.2) is 209 Å². The lowest BCUT2D eigenvalue weighted by molar-refractivity contribution is -0.150. The van der Waals surface area contributed by atoms with E-state index in [2.05, 4.69) is 78.7 Å². The van der Waals surface area contributed by atoms with Crippen molar-refractivity contribution in [3.63, 3.8) is 0 Å². The normalized spacial score (nSPS) is 24.8. The molecule has 5 aliphatic carbocycles. The Balaban J connectivity index is 0.624. The number of phenolic OH excluding ortho intramolecular Hbond substituents is 1. The van der Waals surface area contributed by atoms with E-state index in [1.165, 1.54) is 12.5 Å². The van der Waals surface area contributed by atoms with Gasteiger partial charge in [0.15, 0.2) is 12.3 Å². The number of rotatable bonds is 43. The second-order valence-corrected chi connectivity index (χ2v) is 36.6. The Hall–Kier alpha value is -10.4. The molecule has 700 valence electrons. The van der Waals surface area contributed by atoms with Crippen LogP contribution in [0.15, 0.2) is 101 Å². The average molecular weight is 1790 g/mol. The zero-order valence-electron chi connectivity index (χ0n) is 75.6. The lowest BCUT2D eigenvalue weighted by Gasteiger charge is -2.56. The van der Waals surface area contributed by atoms with E-state index in [0.29, 0.717) is 87.1 Å². The van der Waals surface area contributed by atoms with Gasteiger partial charge in [0, 0.05) is 67.7 Å². The molecule has 0 bridgehead atoms. The molecule has 2 saturated carbocycles. The maximum Gasteiger partial charge on any atom is 0.254 e. The van der Waals surface area contributed by atoms with Crippen LogP contribution in [0.4, 0.5) is 11.4 Å². The van der Waals surface area contributed by atoms with Gasteiger partial charge in [0.2, 0.25) is 53.2 Å². The van der Waals surface area contributed by atoms with Gasteiger partial charge in [-0.3, -0.25) is 53.3 Å². The van der Waals surface area contributed by atoms with E-state index in [0.717, 1.165) is 84.7 Å². The summed E-state index contributed by atoms with van der Waals surface area (Å²) >= 11 is 0. The molecule has 32 nitrogen and oxygen atoms in total. The number of aliphatic hydroxyl groups is 2. The topological polar surface area (TPSA) is 452 Å². The van der Waals surface area contributed by atoms with Crippen LogP contribution in [0.2, 0.25) is 0 Å². The molecule has 10 amide bonds. The number of hydrogen-bond donors (Lipinski definition) is 13. The summed E-state index contributed by atoms with van der Waals surface area (Å²) in [5.74, 6) is 0.489. The number of aliphatic hydroxyl groups excluding tert-OH is 2. The number of phenols is 1. The molecule has 129 heavy (non-hydrogen) atoms. The van der Waals surface area contributed by atoms with Gasteiger partial charge in [0.1, 0.15) is 48.5 Å². The number of allylic oxidation sites excluding steroid dienone is 1. The Labute approximate surface area is 755 Å². The maximum absolute atomic E-state index is 14.9. The molecule has 14 atom stereocenters. The SMILES string of the molecule is CC(C)[C@H](NC(=O)[C@@H](CCCCNC(=O)COC1CCCCC/C(N[C@@H]2C[C@@H](O)C[C@@H](CO)O2)=C\1N=N)NC(=O)CCOCCOCCOCCOCCNC(=O)CCC(=O)N1Cc2ccccc2C#Cc2ccccc21)C(=O)N[C@@H](C)C(=O)N[C@@H](C=O)C(=O)Nc1ccc2c(c1)[C@@]1(C)CCC[C@](C)(C(=O)NC(=O)[C@@]3(C)CCC[C@]4(C)c5cc(O)ccc5CC[C@@H]34)[C@@H]1CC2. The molecule has 4 aromatic rings. The first-order valence-electron chi connectivity index (χ1n) is 46.0. The van der Waals surface area contributed by atoms with Crippen molar-refractivity contribution in [1.82, 2.24) is 42.5 Å². The summed E-state index contributed by atoms with van der Waals surface area (Å²) in [4.78, 5) is 154. The van der Waals surface area contributed by atoms with Gasteiger partial charge in [-0.25, -0.2) is 5.53 Å². The molecule has 32 heteroatoms. The highest BCUT2D eigenvalue weighted by Crippen LogP contribution is 2.60. The van der Waals surface area contributed by atoms with Gasteiger partial charge in [-0.05, 0) is 196 Å². The molecule has 1 unspecified atom stereocenters. The third kappa shape index (κ3) is 25.9. The van der Waals surface area contributed by atoms with Crippen LogP contribution in [0.3, 0.4) is 0 Å². The second kappa shape index (κ2) is 46.9. The summed E-state index contributed by atoms with van der Waals surface area (Å²) in [7, 11) is 0. The number of benzene rings is 4. The van der Waals surface area contributed by atoms with Crippen LogP contribution < -0.4 is 52.8 Å². The van der Waals surface area contributed by atoms with Gasteiger partial charge >= 0.3 is 0 Å². The number of aromatic hydroxyl groups is 1. The summed E-state index contributed by atoms with van der Waals surface area (Å²) in [6.45, 7) is 14.6. The molecule has 1 saturated heterocycles. The number of anilines is 2. The Bertz CT molecular complexity index is 4740. The highest BCUT2D eigenvalue weighted by molar-refractivity contribution is 6.07. The fourth-order valence-corrected chi connectivity index (χ4v) is 20.1. The zero-order valence-corrected chi connectivity index (χ0v) is 75.6. The van der Waals surface area contributed by atoms with Crippen molar-refractivity contribution >= 4 is 76.7 Å². The zero-order chi connectivity index (χ0) is 92.4. The largest absolute Gasteiger partial charge is 0.508 e. The fourth-order valence-electron chi connectivity index (χ4n) is 20.1. The number of carbonyl (C=O) groups is 11. The Kier molecular flexibility index (Phi) is 36.1. The summed E-state index contributed by atoms with van der Waals surface area (Å²) in [5.41, 5.74) is 14.2. The highest BCUT2D eigenvalue weighted by Gasteiger charge is 2.59. The van der Waals surface area contributed by atoms with Crippen LogP contribution in [0.25, 0.3) is 0 Å². The minimum Gasteiger partial charge on any atom is -0.508 e. The molecular weight excluding hydrogens is 1650 g/mol. The van der Waals surface area contributed by atoms with Crippen molar-refractivity contribution in [1.29, 1.82) is 5.53 Å². The summed E-state index contributed by atoms with van der Waals surface area (Å²) < 4.78 is 34.6. The molecule has 0 radical (unpaired) electrons. The summed E-state index contributed by atoms with van der Waals surface area (Å²) in [6, 6.07) is 20.7. The van der Waals surface area contributed by atoms with Crippen LogP contribution >= 0.6 is 0 Å². The van der Waals surface area contributed by atoms with Crippen LogP contribution in [0.5, 0.6) is 5.75 Å². The van der Waals surface area contributed by atoms with Gasteiger partial charge in [-0.1, -0.05) is 122 Å². The lowest BCUT2D eigenvalue weighted by Crippen LogP contribution is -2.60. The summed E-state index contributed by atoms with van der Waals surface area (Å²) in [6.07, 6.45) is 9.37. The van der Waals surface area contributed by atoms with E-state index in [4.69, 9.17) is 34.0 Å². The third-order valence-electron chi connectivity index (χ3n) is 27.2. The van der Waals surface area contributed by atoms with Crippen molar-refractivity contribution in [3.05, 3.63) is 135 Å². The minimum atomic E-state index is -1.71. The van der Waals surface area contributed by atoms with Crippen molar-refractivity contribution in [3.8, 4) is 17.6 Å². The number of imide groups is 1. The number of carbonyl (C=O) groups excluding carboxylic acids is 11. The second-order valence-electron chi connectivity index (χ2n) is 36.6. The van der Waals surface area contributed by atoms with Gasteiger partial charge < -0.3 is 96.0 Å². The fraction of sp³-hybridized carbons (Fsp3) is 0.598. The smallest absolute Gasteiger partial charge is 0.254 e. The molecule has 7 aliphatic rings. The molecule has 0 aromatic heterocycles. The average Bonchev–Trinajstić information content (AvgIpc) is 0.718. The number of aldehydes is 1. The number of nitrogens with one attached hydrogen (secondary N) is 10. The number of amides is 10. The molecule has 13 N–H and O–H groups in total. The standard InChI is InChI=1S/C97H132N12O20/c1-61(2)86(91(121)101-62(3)88(118)105-76(59-111)90(120)102-68-32-28-64-30-34-79-94(4,72(64)53-68)39-17-41-96(79,6)92(122)107-93(123)97(7)42-18-40-95(5)73-55-69(112)33-29-65(73)31-35-80(95)97)106-89(119)75(23-15-16-43-99-83(116)60-128-78-25-10-8-9-22-74(87(78)108-98)104-84-56-70(113)54-71(58-110)129-84)103-82(115)38-45-124-47-49-126-51-52-127-50-48-125-46-44-100-81(114)36-37-85(117)109-57-67-21-12-11-19-63(67)26-27-66-20-13-14-24-77(66)109/h11-14,19-21,24,28-29,32-33,53,55,59,61-62,70-71,75-76,78-80,84,86,98,104,110,112-113H,8-10,15-18,22-23,25,30-31,34-52,54,56-58,60H2,1-7H3,(H,99,116)(H,100,114)(H,101,121)(H,102,120)(H,103,115)(H,105,118)(H,106,119)(H,107,122,123)/b87-74-,108-98?/t62-,70-,71-,75+,76-,78?,79+,80+,84-,86-,94+,95+,96-,97-/m0/s1. The predicted octanol–water partition coefficient (Wildman–Crippen LogP) is 8.13. The Morgan fingerprint density at radius 2 is 1.24 bits per heavy atom. The molecule has 2 heterocycles. The van der Waals surface area contributed by atoms with E-state index in [1.807, 2.05) is 86.6 Å². The molecule has 4 aromatic carbocycles. The van der Waals surface area contributed by atoms with Gasteiger partial charge in [0.05, 0.1) is 94.7 Å². The lowest BCUT2D eigenvalue weighted by atomic mass is 9.49. The molecule has 0 spiro atoms. The predicted molar refractivity (Wildman–Crippen MR) is 479 cm³/mol. The van der Waals surface area contributed by atoms with Crippen molar-refractivity contribution in [2.24, 2.45) is 33.7 Å². The number of hydrogen-bond acceptors (Lipinski definition) is 23. The van der Waals surface area contributed by atoms with E-state index in [1.54, 1.807) is 30.9 Å². The maximum atomic E-state index is 14.9. The van der Waals surface area contributed by atoms with Crippen LogP contribution in [0, 0.1) is 46.0 Å². The van der Waals surface area contributed by atoms with Gasteiger partial charge in [-0.15, -0.1) is 0 Å². The van der Waals surface area contributed by atoms with E-state index >= 15 is 0 Å². The third-order valence-corrected chi connectivity index (χ3v) is 27.2. The van der Waals surface area contributed by atoms with Crippen LogP contribution in [-0.2, 0) is 111 Å². The van der Waals surface area contributed by atoms with Gasteiger partial charge in [-0.2, -0.15) is 5.11 Å². The Morgan fingerprint density at radius 1 is 0.612 bits per heavy atom. The first kappa shape index (κ1) is 99.2. The number of nitrogens with zero attached hydrogens (tertiary/aromatic N) is 2. The molecule has 2 aliphatic heterocycles. The van der Waals surface area contributed by atoms with E-state index in [9.17, 15) is 68.1 Å². The monoisotopic (exact) mass is 1780 g/mol. The first-order valence-corrected chi connectivity index (χ1v) is 46.0. The summed E-state index contributed by atoms with van der Waals surface area (Å²) in [5, 5.41) is 59.9. The first-order chi connectivity index (χ1) is 62.0. The molecular formula is C97H132N12O20. The van der Waals surface area contributed by atoms with Crippen molar-refractivity contribution in [2.45, 2.75) is 262 Å². The number of aryl methyl sites for hydroxylation is 2.